The van der Waals surface area contributed by atoms with Crippen molar-refractivity contribution in [2.75, 3.05) is 29.9 Å². The second kappa shape index (κ2) is 11.1. The van der Waals surface area contributed by atoms with E-state index in [-0.39, 0.29) is 40.7 Å². The van der Waals surface area contributed by atoms with Crippen LogP contribution < -0.4 is 20.7 Å². The van der Waals surface area contributed by atoms with Gasteiger partial charge in [-0.2, -0.15) is 0 Å². The normalized spacial score (nSPS) is 16.9. The second-order valence-corrected chi connectivity index (χ2v) is 11.7. The molecule has 0 radical (unpaired) electrons. The molecule has 2 amide bonds. The molecule has 0 saturated carbocycles. The SMILES string of the molecule is CC(C)N1CC(C)(C)Oc2c(F)cc(-c3nc(Nc4ccc(CC5CCN(C(N)=O)CC5)c(F)c4)ncc3F)cc21. The minimum Gasteiger partial charge on any atom is -0.481 e. The van der Waals surface area contributed by atoms with Crippen LogP contribution in [-0.4, -0.2) is 52.2 Å². The van der Waals surface area contributed by atoms with Crippen molar-refractivity contribution in [3.8, 4) is 17.0 Å². The molecule has 218 valence electrons. The molecule has 0 atom stereocenters. The van der Waals surface area contributed by atoms with Crippen LogP contribution in [0.3, 0.4) is 0 Å². The first kappa shape index (κ1) is 28.5. The van der Waals surface area contributed by atoms with E-state index in [0.29, 0.717) is 43.0 Å². The smallest absolute Gasteiger partial charge is 0.314 e. The summed E-state index contributed by atoms with van der Waals surface area (Å²) in [6, 6.07) is 7.26. The quantitative estimate of drug-likeness (QED) is 0.377. The van der Waals surface area contributed by atoms with E-state index in [1.165, 1.54) is 12.1 Å². The number of fused-ring (bicyclic) bond motifs is 1. The van der Waals surface area contributed by atoms with Gasteiger partial charge in [-0.3, -0.25) is 0 Å². The highest BCUT2D eigenvalue weighted by atomic mass is 19.1. The van der Waals surface area contributed by atoms with E-state index in [9.17, 15) is 13.6 Å². The number of urea groups is 1. The van der Waals surface area contributed by atoms with Crippen LogP contribution in [0.2, 0.25) is 0 Å². The number of primary amides is 1. The molecule has 2 aliphatic rings. The zero-order chi connectivity index (χ0) is 29.5. The minimum atomic E-state index is -0.716. The Morgan fingerprint density at radius 3 is 2.51 bits per heavy atom. The number of anilines is 3. The number of likely N-dealkylation sites (tertiary alicyclic amines) is 1. The molecule has 0 bridgehead atoms. The third-order valence-electron chi connectivity index (χ3n) is 7.65. The summed E-state index contributed by atoms with van der Waals surface area (Å²) >= 11 is 0. The molecule has 1 saturated heterocycles. The van der Waals surface area contributed by atoms with E-state index in [0.717, 1.165) is 19.0 Å². The van der Waals surface area contributed by atoms with E-state index >= 15 is 4.39 Å². The summed E-state index contributed by atoms with van der Waals surface area (Å²) in [5.74, 6) is -1.29. The summed E-state index contributed by atoms with van der Waals surface area (Å²) in [6.07, 6.45) is 3.08. The number of carbonyl (C=O) groups excluding carboxylic acids is 1. The lowest BCUT2D eigenvalue weighted by molar-refractivity contribution is 0.0967. The first-order valence-corrected chi connectivity index (χ1v) is 13.8. The molecule has 1 fully saturated rings. The molecule has 1 aromatic heterocycles. The molecule has 2 aliphatic heterocycles. The number of hydrogen-bond acceptors (Lipinski definition) is 6. The molecule has 0 unspecified atom stereocenters. The van der Waals surface area contributed by atoms with E-state index in [4.69, 9.17) is 10.5 Å². The van der Waals surface area contributed by atoms with Gasteiger partial charge in [-0.15, -0.1) is 0 Å². The first-order valence-electron chi connectivity index (χ1n) is 13.8. The van der Waals surface area contributed by atoms with Crippen molar-refractivity contribution < 1.29 is 22.7 Å². The van der Waals surface area contributed by atoms with Gasteiger partial charge in [0.25, 0.3) is 0 Å². The Morgan fingerprint density at radius 2 is 1.85 bits per heavy atom. The van der Waals surface area contributed by atoms with Gasteiger partial charge in [0.1, 0.15) is 17.1 Å². The van der Waals surface area contributed by atoms with Crippen LogP contribution in [0, 0.1) is 23.4 Å². The summed E-state index contributed by atoms with van der Waals surface area (Å²) in [5.41, 5.74) is 6.39. The fourth-order valence-electron chi connectivity index (χ4n) is 5.51. The predicted octanol–water partition coefficient (Wildman–Crippen LogP) is 6.02. The Morgan fingerprint density at radius 1 is 1.12 bits per heavy atom. The molecular weight excluding hydrogens is 533 g/mol. The molecule has 2 aromatic carbocycles. The van der Waals surface area contributed by atoms with Crippen LogP contribution in [-0.2, 0) is 6.42 Å². The van der Waals surface area contributed by atoms with Gasteiger partial charge in [0.2, 0.25) is 5.95 Å². The van der Waals surface area contributed by atoms with Crippen molar-refractivity contribution in [1.82, 2.24) is 14.9 Å². The molecule has 0 spiro atoms. The topological polar surface area (TPSA) is 96.6 Å². The Bertz CT molecular complexity index is 1460. The zero-order valence-electron chi connectivity index (χ0n) is 23.7. The highest BCUT2D eigenvalue weighted by Crippen LogP contribution is 2.43. The number of nitrogens with two attached hydrogens (primary N) is 1. The second-order valence-electron chi connectivity index (χ2n) is 11.7. The number of aromatic nitrogens is 2. The summed E-state index contributed by atoms with van der Waals surface area (Å²) in [6.45, 7) is 9.46. The van der Waals surface area contributed by atoms with Crippen LogP contribution in [0.15, 0.2) is 36.5 Å². The van der Waals surface area contributed by atoms with E-state index in [1.807, 2.05) is 32.6 Å². The van der Waals surface area contributed by atoms with Crippen molar-refractivity contribution in [1.29, 1.82) is 0 Å². The minimum absolute atomic E-state index is 0.0450. The Kier molecular flexibility index (Phi) is 7.72. The number of carbonyl (C=O) groups is 1. The number of benzene rings is 2. The van der Waals surface area contributed by atoms with E-state index < -0.39 is 23.3 Å². The largest absolute Gasteiger partial charge is 0.481 e. The fraction of sp³-hybridized carbons (Fsp3) is 0.433. The van der Waals surface area contributed by atoms with Gasteiger partial charge in [0, 0.05) is 30.4 Å². The van der Waals surface area contributed by atoms with Gasteiger partial charge in [-0.1, -0.05) is 6.07 Å². The number of nitrogens with one attached hydrogen (secondary N) is 1. The Labute approximate surface area is 237 Å². The highest BCUT2D eigenvalue weighted by Gasteiger charge is 2.35. The van der Waals surface area contributed by atoms with Gasteiger partial charge in [-0.25, -0.2) is 27.9 Å². The summed E-state index contributed by atoms with van der Waals surface area (Å²) < 4.78 is 51.1. The number of piperidine rings is 1. The highest BCUT2D eigenvalue weighted by molar-refractivity contribution is 5.73. The molecule has 3 heterocycles. The van der Waals surface area contributed by atoms with E-state index in [2.05, 4.69) is 15.3 Å². The maximum Gasteiger partial charge on any atom is 0.314 e. The van der Waals surface area contributed by atoms with Gasteiger partial charge < -0.3 is 25.6 Å². The molecule has 0 aliphatic carbocycles. The van der Waals surface area contributed by atoms with Crippen LogP contribution in [0.1, 0.15) is 46.1 Å². The number of rotatable bonds is 6. The van der Waals surface area contributed by atoms with Crippen LogP contribution >= 0.6 is 0 Å². The molecule has 11 heteroatoms. The average molecular weight is 569 g/mol. The lowest BCUT2D eigenvalue weighted by atomic mass is 9.90. The molecular formula is C30H35F3N6O2. The van der Waals surface area contributed by atoms with Gasteiger partial charge in [0.15, 0.2) is 17.4 Å². The third-order valence-corrected chi connectivity index (χ3v) is 7.65. The fourth-order valence-corrected chi connectivity index (χ4v) is 5.51. The van der Waals surface area contributed by atoms with Gasteiger partial charge in [-0.05, 0) is 82.7 Å². The van der Waals surface area contributed by atoms with Crippen LogP contribution in [0.25, 0.3) is 11.3 Å². The van der Waals surface area contributed by atoms with Crippen molar-refractivity contribution in [3.05, 3.63) is 59.5 Å². The number of ether oxygens (including phenoxy) is 1. The molecule has 8 nitrogen and oxygen atoms in total. The summed E-state index contributed by atoms with van der Waals surface area (Å²) in [4.78, 5) is 23.3. The molecule has 41 heavy (non-hydrogen) atoms. The lowest BCUT2D eigenvalue weighted by Gasteiger charge is -2.43. The maximum absolute atomic E-state index is 15.3. The van der Waals surface area contributed by atoms with Crippen molar-refractivity contribution in [3.63, 3.8) is 0 Å². The molecule has 5 rings (SSSR count). The Hall–Kier alpha value is -4.02. The number of nitrogens with zero attached hydrogens (tertiary/aromatic N) is 4. The van der Waals surface area contributed by atoms with Gasteiger partial charge in [0.05, 0.1) is 18.4 Å². The maximum atomic E-state index is 15.3. The van der Waals surface area contributed by atoms with E-state index in [1.54, 1.807) is 23.1 Å². The number of hydrogen-bond donors (Lipinski definition) is 2. The standard InChI is InChI=1S/C30H35F3N6O2/c1-17(2)39-16-30(3,4)41-27-23(32)12-20(13-25(27)39)26-24(33)15-35-29(37-26)36-21-6-5-19(22(31)14-21)11-18-7-9-38(10-8-18)28(34)40/h5-6,12-15,17-18H,7-11,16H2,1-4H3,(H2,34,40)(H,35,36,37). The summed E-state index contributed by atoms with van der Waals surface area (Å²) in [5, 5.41) is 2.93. The van der Waals surface area contributed by atoms with Crippen molar-refractivity contribution >= 4 is 23.4 Å². The van der Waals surface area contributed by atoms with Gasteiger partial charge >= 0.3 is 6.03 Å². The Balaban J connectivity index is 1.35. The van der Waals surface area contributed by atoms with Crippen LogP contribution in [0.4, 0.5) is 35.3 Å². The molecule has 3 N–H and O–H groups in total. The predicted molar refractivity (Wildman–Crippen MR) is 152 cm³/mol. The monoisotopic (exact) mass is 568 g/mol. The number of halogens is 3. The van der Waals surface area contributed by atoms with Crippen LogP contribution in [0.5, 0.6) is 5.75 Å². The average Bonchev–Trinajstić information content (AvgIpc) is 2.91. The zero-order valence-corrected chi connectivity index (χ0v) is 23.7. The lowest BCUT2D eigenvalue weighted by Crippen LogP contribution is -2.49. The first-order chi connectivity index (χ1) is 19.4. The number of amides is 2. The van der Waals surface area contributed by atoms with Crippen molar-refractivity contribution in [2.24, 2.45) is 11.7 Å². The summed E-state index contributed by atoms with van der Waals surface area (Å²) in [7, 11) is 0. The molecule has 3 aromatic rings. The third kappa shape index (κ3) is 6.18. The van der Waals surface area contributed by atoms with Crippen molar-refractivity contribution in [2.45, 2.75) is 58.6 Å².